The van der Waals surface area contributed by atoms with Gasteiger partial charge in [0.15, 0.2) is 0 Å². The molecule has 2 heterocycles. The van der Waals surface area contributed by atoms with Crippen LogP contribution in [0.2, 0.25) is 0 Å². The molecule has 7 nitrogen and oxygen atoms in total. The lowest BCUT2D eigenvalue weighted by molar-refractivity contribution is 0.478. The molecular formula is C8H13N5O2. The molecule has 0 aliphatic carbocycles. The summed E-state index contributed by atoms with van der Waals surface area (Å²) in [6, 6.07) is 0.193. The second-order valence-electron chi connectivity index (χ2n) is 3.54. The third kappa shape index (κ3) is 2.44. The Kier molecular flexibility index (Phi) is 2.82. The van der Waals surface area contributed by atoms with E-state index in [9.17, 15) is 9.59 Å². The van der Waals surface area contributed by atoms with E-state index in [1.807, 2.05) is 0 Å². The van der Waals surface area contributed by atoms with Crippen molar-refractivity contribution in [1.82, 2.24) is 20.5 Å². The molecule has 7 heteroatoms. The topological polar surface area (TPSA) is 103 Å². The summed E-state index contributed by atoms with van der Waals surface area (Å²) < 4.78 is 0. The van der Waals surface area contributed by atoms with E-state index in [1.54, 1.807) is 0 Å². The first kappa shape index (κ1) is 9.91. The Morgan fingerprint density at radius 3 is 2.93 bits per heavy atom. The third-order valence-corrected chi connectivity index (χ3v) is 2.35. The highest BCUT2D eigenvalue weighted by atomic mass is 16.2. The van der Waals surface area contributed by atoms with Gasteiger partial charge in [-0.1, -0.05) is 0 Å². The highest BCUT2D eigenvalue weighted by molar-refractivity contribution is 5.30. The van der Waals surface area contributed by atoms with E-state index in [2.05, 4.69) is 25.8 Å². The van der Waals surface area contributed by atoms with Crippen molar-refractivity contribution < 1.29 is 0 Å². The second kappa shape index (κ2) is 4.26. The van der Waals surface area contributed by atoms with Gasteiger partial charge in [-0.2, -0.15) is 0 Å². The molecule has 1 aromatic heterocycles. The van der Waals surface area contributed by atoms with Crippen molar-refractivity contribution in [3.8, 4) is 0 Å². The third-order valence-electron chi connectivity index (χ3n) is 2.35. The first-order valence-electron chi connectivity index (χ1n) is 4.92. The number of nitrogens with zero attached hydrogens (tertiary/aromatic N) is 1. The van der Waals surface area contributed by atoms with E-state index in [-0.39, 0.29) is 11.9 Å². The highest BCUT2D eigenvalue weighted by Crippen LogP contribution is 2.05. The molecule has 2 rings (SSSR count). The first-order valence-corrected chi connectivity index (χ1v) is 4.92. The quantitative estimate of drug-likeness (QED) is 0.483. The Morgan fingerprint density at radius 1 is 1.40 bits per heavy atom. The van der Waals surface area contributed by atoms with Gasteiger partial charge < -0.3 is 10.6 Å². The van der Waals surface area contributed by atoms with Gasteiger partial charge in [-0.15, -0.1) is 5.10 Å². The lowest BCUT2D eigenvalue weighted by Gasteiger charge is -2.23. The summed E-state index contributed by atoms with van der Waals surface area (Å²) in [5, 5.41) is 12.0. The van der Waals surface area contributed by atoms with Crippen LogP contribution in [0.5, 0.6) is 0 Å². The zero-order valence-corrected chi connectivity index (χ0v) is 8.17. The van der Waals surface area contributed by atoms with Crippen LogP contribution in [-0.4, -0.2) is 34.3 Å². The van der Waals surface area contributed by atoms with Crippen LogP contribution in [0, 0.1) is 0 Å². The minimum absolute atomic E-state index is 0.170. The fraction of sp³-hybridized carbons (Fsp3) is 0.625. The Bertz CT molecular complexity index is 431. The van der Waals surface area contributed by atoms with E-state index in [0.29, 0.717) is 0 Å². The largest absolute Gasteiger partial charge is 0.360 e. The SMILES string of the molecule is O=c1[nH]nc(NC2CCCNC2)c(=O)[nH]1. The van der Waals surface area contributed by atoms with Gasteiger partial charge in [0.25, 0.3) is 5.56 Å². The second-order valence-corrected chi connectivity index (χ2v) is 3.54. The van der Waals surface area contributed by atoms with Gasteiger partial charge in [0.05, 0.1) is 0 Å². The number of hydrogen-bond donors (Lipinski definition) is 4. The zero-order valence-electron chi connectivity index (χ0n) is 8.17. The van der Waals surface area contributed by atoms with Gasteiger partial charge in [0.2, 0.25) is 5.82 Å². The molecule has 1 fully saturated rings. The minimum Gasteiger partial charge on any atom is -0.360 e. The number of piperidine rings is 1. The average molecular weight is 211 g/mol. The van der Waals surface area contributed by atoms with Crippen molar-refractivity contribution in [3.05, 3.63) is 20.8 Å². The Morgan fingerprint density at radius 2 is 2.27 bits per heavy atom. The summed E-state index contributed by atoms with van der Waals surface area (Å²) in [6.07, 6.45) is 2.06. The van der Waals surface area contributed by atoms with Gasteiger partial charge in [0, 0.05) is 12.6 Å². The lowest BCUT2D eigenvalue weighted by Crippen LogP contribution is -2.40. The molecule has 1 aliphatic heterocycles. The molecule has 1 aromatic rings. The number of nitrogens with one attached hydrogen (secondary N) is 4. The van der Waals surface area contributed by atoms with Crippen LogP contribution in [0.3, 0.4) is 0 Å². The van der Waals surface area contributed by atoms with Crippen LogP contribution in [0.4, 0.5) is 5.82 Å². The van der Waals surface area contributed by atoms with Crippen LogP contribution < -0.4 is 21.9 Å². The number of H-pyrrole nitrogens is 2. The predicted octanol–water partition coefficient (Wildman–Crippen LogP) is -1.38. The molecule has 0 aromatic carbocycles. The number of aromatic nitrogens is 3. The van der Waals surface area contributed by atoms with Crippen LogP contribution in [0.1, 0.15) is 12.8 Å². The summed E-state index contributed by atoms with van der Waals surface area (Å²) in [4.78, 5) is 24.1. The van der Waals surface area contributed by atoms with Crippen LogP contribution in [0.15, 0.2) is 9.59 Å². The fourth-order valence-corrected chi connectivity index (χ4v) is 1.61. The fourth-order valence-electron chi connectivity index (χ4n) is 1.61. The summed E-state index contributed by atoms with van der Waals surface area (Å²) in [6.45, 7) is 1.81. The molecule has 1 aliphatic rings. The van der Waals surface area contributed by atoms with Crippen molar-refractivity contribution in [2.45, 2.75) is 18.9 Å². The predicted molar refractivity (Wildman–Crippen MR) is 55.0 cm³/mol. The molecule has 0 spiro atoms. The molecule has 0 radical (unpaired) electrons. The average Bonchev–Trinajstić information content (AvgIpc) is 2.24. The maximum absolute atomic E-state index is 11.3. The van der Waals surface area contributed by atoms with E-state index >= 15 is 0 Å². The molecular weight excluding hydrogens is 198 g/mol. The Balaban J connectivity index is 2.09. The summed E-state index contributed by atoms with van der Waals surface area (Å²) in [5.74, 6) is 0.170. The molecule has 1 atom stereocenters. The standard InChI is InChI=1S/C8H13N5O2/c14-7-6(12-13-8(15)11-7)10-5-2-1-3-9-4-5/h5,9H,1-4H2,(H,10,12)(H2,11,13,14,15). The van der Waals surface area contributed by atoms with Crippen molar-refractivity contribution >= 4 is 5.82 Å². The highest BCUT2D eigenvalue weighted by Gasteiger charge is 2.14. The van der Waals surface area contributed by atoms with Crippen LogP contribution in [0.25, 0.3) is 0 Å². The van der Waals surface area contributed by atoms with Crippen molar-refractivity contribution in [2.75, 3.05) is 18.4 Å². The van der Waals surface area contributed by atoms with Crippen molar-refractivity contribution in [3.63, 3.8) is 0 Å². The van der Waals surface area contributed by atoms with E-state index < -0.39 is 11.2 Å². The number of anilines is 1. The van der Waals surface area contributed by atoms with Gasteiger partial charge in [-0.3, -0.25) is 9.78 Å². The van der Waals surface area contributed by atoms with Crippen molar-refractivity contribution in [1.29, 1.82) is 0 Å². The number of hydrogen-bond acceptors (Lipinski definition) is 5. The van der Waals surface area contributed by atoms with Gasteiger partial charge >= 0.3 is 5.69 Å². The number of aromatic amines is 2. The molecule has 0 amide bonds. The molecule has 0 bridgehead atoms. The lowest BCUT2D eigenvalue weighted by atomic mass is 10.1. The maximum Gasteiger partial charge on any atom is 0.342 e. The Hall–Kier alpha value is -1.63. The van der Waals surface area contributed by atoms with E-state index in [0.717, 1.165) is 25.9 Å². The van der Waals surface area contributed by atoms with Gasteiger partial charge in [0.1, 0.15) is 0 Å². The summed E-state index contributed by atoms with van der Waals surface area (Å²) >= 11 is 0. The maximum atomic E-state index is 11.3. The normalized spacial score (nSPS) is 21.2. The molecule has 15 heavy (non-hydrogen) atoms. The van der Waals surface area contributed by atoms with Crippen molar-refractivity contribution in [2.24, 2.45) is 0 Å². The zero-order chi connectivity index (χ0) is 10.7. The monoisotopic (exact) mass is 211 g/mol. The molecule has 4 N–H and O–H groups in total. The number of rotatable bonds is 2. The molecule has 82 valence electrons. The van der Waals surface area contributed by atoms with Gasteiger partial charge in [-0.25, -0.2) is 9.89 Å². The van der Waals surface area contributed by atoms with Crippen LogP contribution >= 0.6 is 0 Å². The Labute approximate surface area is 85.3 Å². The molecule has 0 saturated carbocycles. The molecule has 1 unspecified atom stereocenters. The van der Waals surface area contributed by atoms with E-state index in [1.165, 1.54) is 0 Å². The van der Waals surface area contributed by atoms with E-state index in [4.69, 9.17) is 0 Å². The summed E-state index contributed by atoms with van der Waals surface area (Å²) in [5.41, 5.74) is -1.07. The smallest absolute Gasteiger partial charge is 0.342 e. The minimum atomic E-state index is -0.590. The molecule has 1 saturated heterocycles. The van der Waals surface area contributed by atoms with Crippen LogP contribution in [-0.2, 0) is 0 Å². The van der Waals surface area contributed by atoms with Gasteiger partial charge in [-0.05, 0) is 19.4 Å². The first-order chi connectivity index (χ1) is 7.25. The summed E-state index contributed by atoms with van der Waals surface area (Å²) in [7, 11) is 0.